The summed E-state index contributed by atoms with van der Waals surface area (Å²) in [4.78, 5) is 37.5. The third kappa shape index (κ3) is 11.2. The molecule has 3 heterocycles. The van der Waals surface area contributed by atoms with Gasteiger partial charge in [0.25, 0.3) is 0 Å². The van der Waals surface area contributed by atoms with Crippen molar-refractivity contribution in [3.05, 3.63) is 42.7 Å². The van der Waals surface area contributed by atoms with Gasteiger partial charge in [-0.25, -0.2) is 9.55 Å². The zero-order valence-corrected chi connectivity index (χ0v) is 31.2. The van der Waals surface area contributed by atoms with E-state index in [-0.39, 0.29) is 35.6 Å². The molecule has 1 saturated heterocycles. The summed E-state index contributed by atoms with van der Waals surface area (Å²) in [5.41, 5.74) is 4.21. The first-order valence-electron chi connectivity index (χ1n) is 17.9. The SMILES string of the molecule is C#C[C@]1(CO[P@@](=O)(N[C@@H](C)C(=O)OC(C)C)Oc2ccccc2)O[C@@H](n2cnc3c(N)nc(F)nc32)C[C@@H]1OC(=O)CCCCCCCCCCC. The van der Waals surface area contributed by atoms with Crippen LogP contribution in [-0.2, 0) is 32.9 Å². The summed E-state index contributed by atoms with van der Waals surface area (Å²) in [7, 11) is -4.41. The van der Waals surface area contributed by atoms with Gasteiger partial charge in [-0.15, -0.1) is 6.42 Å². The predicted octanol–water partition coefficient (Wildman–Crippen LogP) is 6.80. The lowest BCUT2D eigenvalue weighted by atomic mass is 9.98. The topological polar surface area (TPSA) is 179 Å². The highest BCUT2D eigenvalue weighted by atomic mass is 31.2. The molecule has 2 aromatic heterocycles. The number of halogens is 1. The zero-order chi connectivity index (χ0) is 37.7. The van der Waals surface area contributed by atoms with Crippen LogP contribution in [0.3, 0.4) is 0 Å². The number of nitrogens with zero attached hydrogens (tertiary/aromatic N) is 4. The van der Waals surface area contributed by atoms with Crippen LogP contribution in [-0.4, -0.2) is 61.9 Å². The Bertz CT molecular complexity index is 1720. The molecule has 4 rings (SSSR count). The van der Waals surface area contributed by atoms with E-state index in [2.05, 4.69) is 32.9 Å². The van der Waals surface area contributed by atoms with E-state index in [1.54, 1.807) is 44.2 Å². The van der Waals surface area contributed by atoms with Gasteiger partial charge in [-0.2, -0.15) is 19.4 Å². The summed E-state index contributed by atoms with van der Waals surface area (Å²) in [5.74, 6) is 1.36. The van der Waals surface area contributed by atoms with Gasteiger partial charge in [0, 0.05) is 12.8 Å². The van der Waals surface area contributed by atoms with Crippen molar-refractivity contribution >= 4 is 36.7 Å². The van der Waals surface area contributed by atoms with E-state index in [1.165, 1.54) is 49.9 Å². The van der Waals surface area contributed by atoms with Crippen molar-refractivity contribution in [3.63, 3.8) is 0 Å². The molecule has 1 aromatic carbocycles. The Morgan fingerprint density at radius 1 is 1.12 bits per heavy atom. The van der Waals surface area contributed by atoms with E-state index in [0.717, 1.165) is 19.3 Å². The van der Waals surface area contributed by atoms with E-state index in [9.17, 15) is 18.5 Å². The van der Waals surface area contributed by atoms with Gasteiger partial charge in [-0.05, 0) is 39.3 Å². The summed E-state index contributed by atoms with van der Waals surface area (Å²) in [6, 6.07) is 7.07. The van der Waals surface area contributed by atoms with E-state index in [1.807, 2.05) is 0 Å². The molecular weight excluding hydrogens is 694 g/mol. The molecule has 52 heavy (non-hydrogen) atoms. The summed E-state index contributed by atoms with van der Waals surface area (Å²) < 4.78 is 59.2. The maximum Gasteiger partial charge on any atom is 0.459 e. The number of imidazole rings is 1. The Balaban J connectivity index is 1.55. The molecule has 0 bridgehead atoms. The first kappa shape index (κ1) is 40.7. The smallest absolute Gasteiger partial charge is 0.459 e. The van der Waals surface area contributed by atoms with Crippen molar-refractivity contribution in [2.24, 2.45) is 0 Å². The van der Waals surface area contributed by atoms with Gasteiger partial charge in [0.1, 0.15) is 30.7 Å². The number of carbonyl (C=O) groups is 2. The van der Waals surface area contributed by atoms with Gasteiger partial charge < -0.3 is 24.5 Å². The average molecular weight is 745 g/mol. The van der Waals surface area contributed by atoms with Crippen molar-refractivity contribution in [2.75, 3.05) is 12.3 Å². The van der Waals surface area contributed by atoms with Gasteiger partial charge in [-0.1, -0.05) is 82.4 Å². The zero-order valence-electron chi connectivity index (χ0n) is 30.3. The number of hydrogen-bond acceptors (Lipinski definition) is 12. The monoisotopic (exact) mass is 744 g/mol. The average Bonchev–Trinajstić information content (AvgIpc) is 3.68. The van der Waals surface area contributed by atoms with Crippen molar-refractivity contribution in [1.82, 2.24) is 24.6 Å². The third-order valence-electron chi connectivity index (χ3n) is 8.49. The number of para-hydroxylation sites is 1. The number of fused-ring (bicyclic) bond motifs is 1. The molecule has 0 saturated carbocycles. The number of esters is 2. The number of nitrogens with one attached hydrogen (secondary N) is 1. The number of nitrogens with two attached hydrogens (primary N) is 1. The molecule has 1 aliphatic rings. The van der Waals surface area contributed by atoms with Gasteiger partial charge >= 0.3 is 25.8 Å². The molecule has 3 aromatic rings. The second-order valence-electron chi connectivity index (χ2n) is 13.1. The Hall–Kier alpha value is -4.09. The number of ether oxygens (including phenoxy) is 3. The van der Waals surface area contributed by atoms with Crippen LogP contribution in [0.15, 0.2) is 36.7 Å². The van der Waals surface area contributed by atoms with E-state index in [0.29, 0.717) is 6.42 Å². The minimum absolute atomic E-state index is 0.0254. The summed E-state index contributed by atoms with van der Waals surface area (Å²) in [6.45, 7) is 6.39. The van der Waals surface area contributed by atoms with Gasteiger partial charge in [0.05, 0.1) is 12.4 Å². The minimum Gasteiger partial charge on any atom is -0.462 e. The number of benzene rings is 1. The van der Waals surface area contributed by atoms with Crippen LogP contribution in [0.2, 0.25) is 0 Å². The molecule has 0 amide bonds. The first-order chi connectivity index (χ1) is 24.9. The van der Waals surface area contributed by atoms with Gasteiger partial charge in [0.15, 0.2) is 22.6 Å². The van der Waals surface area contributed by atoms with Crippen LogP contribution < -0.4 is 15.3 Å². The number of nitrogen functional groups attached to an aromatic ring is 1. The summed E-state index contributed by atoms with van der Waals surface area (Å²) >= 11 is 0. The maximum atomic E-state index is 14.3. The number of carbonyl (C=O) groups excluding carboxylic acids is 2. The fraction of sp³-hybridized carbons (Fsp3) is 0.583. The number of unbranched alkanes of at least 4 members (excludes halogenated alkanes) is 8. The summed E-state index contributed by atoms with van der Waals surface area (Å²) in [6.07, 6.45) is 13.6. The number of rotatable bonds is 21. The quantitative estimate of drug-likeness (QED) is 0.0383. The number of hydrogen-bond donors (Lipinski definition) is 2. The Labute approximate surface area is 304 Å². The van der Waals surface area contributed by atoms with Crippen molar-refractivity contribution in [3.8, 4) is 18.1 Å². The molecule has 0 spiro atoms. The van der Waals surface area contributed by atoms with E-state index in [4.69, 9.17) is 35.4 Å². The fourth-order valence-corrected chi connectivity index (χ4v) is 7.30. The van der Waals surface area contributed by atoms with E-state index < -0.39 is 62.4 Å². The number of aromatic nitrogens is 4. The van der Waals surface area contributed by atoms with Crippen LogP contribution in [0, 0.1) is 18.4 Å². The molecule has 1 aliphatic heterocycles. The molecule has 16 heteroatoms. The lowest BCUT2D eigenvalue weighted by molar-refractivity contribution is -0.158. The maximum absolute atomic E-state index is 14.3. The first-order valence-corrected chi connectivity index (χ1v) is 19.4. The van der Waals surface area contributed by atoms with Crippen molar-refractivity contribution in [2.45, 2.75) is 128 Å². The molecule has 0 unspecified atom stereocenters. The second-order valence-corrected chi connectivity index (χ2v) is 14.8. The van der Waals surface area contributed by atoms with Crippen molar-refractivity contribution < 1.29 is 41.8 Å². The largest absolute Gasteiger partial charge is 0.462 e. The Kier molecular flexibility index (Phi) is 15.0. The minimum atomic E-state index is -4.41. The molecule has 284 valence electrons. The lowest BCUT2D eigenvalue weighted by Gasteiger charge is -2.31. The fourth-order valence-electron chi connectivity index (χ4n) is 5.78. The van der Waals surface area contributed by atoms with Crippen LogP contribution in [0.5, 0.6) is 5.75 Å². The van der Waals surface area contributed by atoms with Crippen molar-refractivity contribution in [1.29, 1.82) is 0 Å². The normalized spacial score (nSPS) is 20.3. The third-order valence-corrected chi connectivity index (χ3v) is 10.1. The molecule has 0 aliphatic carbocycles. The highest BCUT2D eigenvalue weighted by molar-refractivity contribution is 7.52. The summed E-state index contributed by atoms with van der Waals surface area (Å²) in [5, 5.41) is 2.62. The molecule has 5 atom stereocenters. The second kappa shape index (κ2) is 19.1. The molecule has 14 nitrogen and oxygen atoms in total. The van der Waals surface area contributed by atoms with Crippen LogP contribution in [0.4, 0.5) is 10.2 Å². The molecule has 0 radical (unpaired) electrons. The van der Waals surface area contributed by atoms with Gasteiger partial charge in [0.2, 0.25) is 0 Å². The lowest BCUT2D eigenvalue weighted by Crippen LogP contribution is -2.45. The van der Waals surface area contributed by atoms with Crippen LogP contribution in [0.25, 0.3) is 11.2 Å². The number of terminal acetylenes is 1. The number of anilines is 1. The van der Waals surface area contributed by atoms with Gasteiger partial charge in [-0.3, -0.25) is 18.7 Å². The van der Waals surface area contributed by atoms with E-state index >= 15 is 0 Å². The van der Waals surface area contributed by atoms with Crippen LogP contribution in [0.1, 0.15) is 105 Å². The Morgan fingerprint density at radius 3 is 2.44 bits per heavy atom. The standard InChI is InChI=1S/C36H50FN6O8P/c1-6-8-9-10-11-12-13-14-18-21-30(44)49-28-22-29(43-24-39-31-32(38)40-35(37)41-33(31)43)50-36(28,7-2)23-47-52(46,51-27-19-16-15-17-20-27)42-26(5)34(45)48-25(3)4/h2,15-17,19-20,24-26,28-29H,6,8-14,18,21-23H2,1,3-5H3,(H,42,46)(H2,38,40,41)/t26-,28-,29+,36+,52-/m0/s1. The molecule has 3 N–H and O–H groups in total. The molecule has 1 fully saturated rings. The molecular formula is C36H50FN6O8P. The Morgan fingerprint density at radius 2 is 1.79 bits per heavy atom. The highest BCUT2D eigenvalue weighted by Crippen LogP contribution is 2.48. The predicted molar refractivity (Wildman–Crippen MR) is 192 cm³/mol. The van der Waals surface area contributed by atoms with Crippen LogP contribution >= 0.6 is 7.75 Å². The highest BCUT2D eigenvalue weighted by Gasteiger charge is 2.53.